The molecule has 2 aromatic carbocycles. The third-order valence-corrected chi connectivity index (χ3v) is 10.1. The van der Waals surface area contributed by atoms with Crippen LogP contribution < -0.4 is 18.9 Å². The molecular weight excluding hydrogens is 700 g/mol. The van der Waals surface area contributed by atoms with Crippen LogP contribution in [0.2, 0.25) is 5.15 Å². The first-order valence-corrected chi connectivity index (χ1v) is 19.5. The van der Waals surface area contributed by atoms with Crippen molar-refractivity contribution in [3.8, 4) is 45.5 Å². The Bertz CT molecular complexity index is 1670. The highest BCUT2D eigenvalue weighted by molar-refractivity contribution is 7.99. The SMILES string of the molecule is CCC(C)S.CCc1nc(-c2ccc(OC)cc2OC)c(CC)nc1Cl.CCc1nc(-c2ccc(OC)cc2OC)c(CC)nc1SC(C)CC. The van der Waals surface area contributed by atoms with Gasteiger partial charge in [-0.05, 0) is 68.0 Å². The molecule has 0 bridgehead atoms. The molecule has 0 aliphatic carbocycles. The van der Waals surface area contributed by atoms with Crippen molar-refractivity contribution in [2.24, 2.45) is 0 Å². The Kier molecular flexibility index (Phi) is 19.5. The number of methoxy groups -OCH3 is 4. The summed E-state index contributed by atoms with van der Waals surface area (Å²) in [7, 11) is 6.59. The number of hydrogen-bond donors (Lipinski definition) is 1. The molecule has 0 spiro atoms. The minimum absolute atomic E-state index is 0.477. The van der Waals surface area contributed by atoms with E-state index >= 15 is 0 Å². The lowest BCUT2D eigenvalue weighted by atomic mass is 10.1. The smallest absolute Gasteiger partial charge is 0.150 e. The Hall–Kier alpha value is -3.21. The summed E-state index contributed by atoms with van der Waals surface area (Å²) in [5.74, 6) is 2.98. The first kappa shape index (κ1) is 44.0. The molecule has 0 fully saturated rings. The molecule has 0 amide bonds. The summed E-state index contributed by atoms with van der Waals surface area (Å²) in [4.78, 5) is 19.1. The molecule has 4 rings (SSSR count). The van der Waals surface area contributed by atoms with Crippen molar-refractivity contribution in [1.29, 1.82) is 0 Å². The van der Waals surface area contributed by atoms with Crippen LogP contribution in [-0.2, 0) is 25.7 Å². The number of halogens is 1. The molecule has 2 atom stereocenters. The summed E-state index contributed by atoms with van der Waals surface area (Å²) in [6, 6.07) is 11.5. The van der Waals surface area contributed by atoms with Gasteiger partial charge in [-0.25, -0.2) is 19.9 Å². The number of nitrogens with zero attached hydrogens (tertiary/aromatic N) is 4. The molecule has 0 radical (unpaired) electrons. The van der Waals surface area contributed by atoms with E-state index < -0.39 is 0 Å². The second-order valence-electron chi connectivity index (χ2n) is 11.7. The van der Waals surface area contributed by atoms with E-state index in [4.69, 9.17) is 40.5 Å². The summed E-state index contributed by atoms with van der Waals surface area (Å²) in [5.41, 5.74) is 7.30. The topological polar surface area (TPSA) is 88.5 Å². The fraction of sp³-hybridized carbons (Fsp3) is 0.500. The number of thiol groups is 1. The number of aryl methyl sites for hydroxylation is 4. The Morgan fingerprint density at radius 2 is 1.04 bits per heavy atom. The number of aromatic nitrogens is 4. The third-order valence-electron chi connectivity index (χ3n) is 8.14. The molecule has 2 heterocycles. The number of thioether (sulfide) groups is 1. The molecule has 8 nitrogen and oxygen atoms in total. The molecule has 0 aliphatic heterocycles. The minimum Gasteiger partial charge on any atom is -0.497 e. The molecule has 4 aromatic rings. The van der Waals surface area contributed by atoms with Crippen LogP contribution in [0.25, 0.3) is 22.5 Å². The number of rotatable bonds is 14. The van der Waals surface area contributed by atoms with Crippen molar-refractivity contribution in [2.45, 2.75) is 109 Å². The quantitative estimate of drug-likeness (QED) is 0.0997. The third kappa shape index (κ3) is 12.5. The summed E-state index contributed by atoms with van der Waals surface area (Å²) in [5, 5.41) is 2.65. The van der Waals surface area contributed by atoms with Gasteiger partial charge in [0, 0.05) is 28.5 Å². The van der Waals surface area contributed by atoms with Crippen molar-refractivity contribution in [2.75, 3.05) is 28.4 Å². The van der Waals surface area contributed by atoms with Crippen LogP contribution in [0, 0.1) is 0 Å². The normalized spacial score (nSPS) is 11.7. The van der Waals surface area contributed by atoms with Crippen molar-refractivity contribution < 1.29 is 18.9 Å². The predicted molar refractivity (Wildman–Crippen MR) is 218 cm³/mol. The van der Waals surface area contributed by atoms with Crippen LogP contribution >= 0.6 is 36.0 Å². The maximum Gasteiger partial charge on any atom is 0.150 e. The second kappa shape index (κ2) is 22.7. The van der Waals surface area contributed by atoms with E-state index in [-0.39, 0.29) is 0 Å². The standard InChI is InChI=1S/C20H28N2O2S.C16H19ClN2O2.C4H10S/c1-7-13(4)25-20-17(9-3)21-19(16(8-2)22-20)15-11-10-14(23-5)12-18(15)24-6;1-5-12-15(18-13(6-2)16(17)19-12)11-8-7-10(20-3)9-14(11)21-4;1-3-4(2)5/h10-13H,7-9H2,1-6H3;7-9H,5-6H2,1-4H3;4-5H,3H2,1-2H3. The van der Waals surface area contributed by atoms with E-state index in [1.165, 1.54) is 6.42 Å². The van der Waals surface area contributed by atoms with E-state index in [9.17, 15) is 0 Å². The van der Waals surface area contributed by atoms with Crippen LogP contribution in [-0.4, -0.2) is 58.9 Å². The highest BCUT2D eigenvalue weighted by atomic mass is 35.5. The van der Waals surface area contributed by atoms with Gasteiger partial charge in [0.05, 0.1) is 62.6 Å². The van der Waals surface area contributed by atoms with Gasteiger partial charge in [-0.3, -0.25) is 0 Å². The molecule has 11 heteroatoms. The van der Waals surface area contributed by atoms with Crippen LogP contribution in [0.1, 0.15) is 91.0 Å². The van der Waals surface area contributed by atoms with E-state index in [2.05, 4.69) is 64.1 Å². The van der Waals surface area contributed by atoms with Gasteiger partial charge < -0.3 is 18.9 Å². The van der Waals surface area contributed by atoms with E-state index in [0.717, 1.165) is 99.7 Å². The van der Waals surface area contributed by atoms with Crippen LogP contribution in [0.3, 0.4) is 0 Å². The van der Waals surface area contributed by atoms with Crippen molar-refractivity contribution >= 4 is 36.0 Å². The Labute approximate surface area is 321 Å². The van der Waals surface area contributed by atoms with Gasteiger partial charge in [0.25, 0.3) is 0 Å². The molecular formula is C40H57ClN4O4S2. The molecule has 51 heavy (non-hydrogen) atoms. The van der Waals surface area contributed by atoms with Crippen LogP contribution in [0.15, 0.2) is 41.4 Å². The maximum atomic E-state index is 6.16. The predicted octanol–water partition coefficient (Wildman–Crippen LogP) is 10.8. The van der Waals surface area contributed by atoms with Gasteiger partial charge >= 0.3 is 0 Å². The zero-order valence-electron chi connectivity index (χ0n) is 32.5. The Morgan fingerprint density at radius 1 is 0.608 bits per heavy atom. The lowest BCUT2D eigenvalue weighted by molar-refractivity contribution is 0.395. The van der Waals surface area contributed by atoms with E-state index in [1.807, 2.05) is 62.0 Å². The monoisotopic (exact) mass is 756 g/mol. The number of ether oxygens (including phenoxy) is 4. The van der Waals surface area contributed by atoms with Crippen molar-refractivity contribution in [1.82, 2.24) is 19.9 Å². The Morgan fingerprint density at radius 3 is 1.41 bits per heavy atom. The molecule has 0 saturated heterocycles. The van der Waals surface area contributed by atoms with Crippen molar-refractivity contribution in [3.63, 3.8) is 0 Å². The van der Waals surface area contributed by atoms with Gasteiger partial charge in [0.2, 0.25) is 0 Å². The average Bonchev–Trinajstić information content (AvgIpc) is 3.17. The summed E-state index contributed by atoms with van der Waals surface area (Å²) >= 11 is 12.1. The number of benzene rings is 2. The zero-order chi connectivity index (χ0) is 38.1. The molecule has 2 aromatic heterocycles. The van der Waals surface area contributed by atoms with Crippen LogP contribution in [0.5, 0.6) is 23.0 Å². The van der Waals surface area contributed by atoms with Gasteiger partial charge in [0.1, 0.15) is 28.0 Å². The van der Waals surface area contributed by atoms with Gasteiger partial charge in [-0.15, -0.1) is 11.8 Å². The highest BCUT2D eigenvalue weighted by Gasteiger charge is 2.19. The summed E-state index contributed by atoms with van der Waals surface area (Å²) in [6.45, 7) is 16.9. The molecule has 0 N–H and O–H groups in total. The first-order chi connectivity index (χ1) is 24.5. The second-order valence-corrected chi connectivity index (χ2v) is 14.3. The van der Waals surface area contributed by atoms with Gasteiger partial charge in [0.15, 0.2) is 5.15 Å². The minimum atomic E-state index is 0.477. The maximum absolute atomic E-state index is 6.16. The zero-order valence-corrected chi connectivity index (χ0v) is 35.0. The lowest BCUT2D eigenvalue weighted by Gasteiger charge is -2.17. The fourth-order valence-corrected chi connectivity index (χ4v) is 6.02. The highest BCUT2D eigenvalue weighted by Crippen LogP contribution is 2.37. The lowest BCUT2D eigenvalue weighted by Crippen LogP contribution is -2.06. The number of hydrogen-bond acceptors (Lipinski definition) is 10. The van der Waals surface area contributed by atoms with E-state index in [1.54, 1.807) is 28.4 Å². The first-order valence-electron chi connectivity index (χ1n) is 17.7. The Balaban J connectivity index is 0.000000316. The molecule has 280 valence electrons. The molecule has 0 aliphatic rings. The van der Waals surface area contributed by atoms with Crippen molar-refractivity contribution in [3.05, 3.63) is 64.3 Å². The molecule has 0 saturated carbocycles. The largest absolute Gasteiger partial charge is 0.497 e. The van der Waals surface area contributed by atoms with Gasteiger partial charge in [-0.1, -0.05) is 67.0 Å². The fourth-order valence-electron chi connectivity index (χ4n) is 4.71. The van der Waals surface area contributed by atoms with E-state index in [0.29, 0.717) is 21.4 Å². The summed E-state index contributed by atoms with van der Waals surface area (Å²) in [6.07, 6.45) is 5.47. The molecule has 2 unspecified atom stereocenters. The summed E-state index contributed by atoms with van der Waals surface area (Å²) < 4.78 is 21.6. The van der Waals surface area contributed by atoms with Crippen LogP contribution in [0.4, 0.5) is 0 Å². The average molecular weight is 758 g/mol. The van der Waals surface area contributed by atoms with Gasteiger partial charge in [-0.2, -0.15) is 12.6 Å².